The highest BCUT2D eigenvalue weighted by atomic mass is 32.1. The summed E-state index contributed by atoms with van der Waals surface area (Å²) in [6.45, 7) is 11.4. The average molecular weight is 391 g/mol. The second kappa shape index (κ2) is 9.85. The summed E-state index contributed by atoms with van der Waals surface area (Å²) < 4.78 is 11.0. The molecule has 0 N–H and O–H groups in total. The number of carbonyl (C=O) groups excluding carboxylic acids is 1. The number of thiazole rings is 1. The molecule has 1 aromatic carbocycles. The van der Waals surface area contributed by atoms with Crippen LogP contribution in [-0.4, -0.2) is 35.5 Å². The van der Waals surface area contributed by atoms with Gasteiger partial charge < -0.3 is 14.4 Å². The summed E-state index contributed by atoms with van der Waals surface area (Å²) in [6, 6.07) is 4.36. The second-order valence-electron chi connectivity index (χ2n) is 6.94. The number of hydrogen-bond donors (Lipinski definition) is 0. The largest absolute Gasteiger partial charge is 0.486 e. The third-order valence-electron chi connectivity index (χ3n) is 4.76. The fourth-order valence-corrected chi connectivity index (χ4v) is 3.57. The van der Waals surface area contributed by atoms with E-state index in [-0.39, 0.29) is 18.6 Å². The lowest BCUT2D eigenvalue weighted by Crippen LogP contribution is -2.39. The molecular weight excluding hydrogens is 360 g/mol. The molecule has 0 aliphatic carbocycles. The molecule has 5 nitrogen and oxygen atoms in total. The van der Waals surface area contributed by atoms with Crippen molar-refractivity contribution in [1.29, 1.82) is 0 Å². The van der Waals surface area contributed by atoms with E-state index in [9.17, 15) is 4.79 Å². The minimum Gasteiger partial charge on any atom is -0.486 e. The van der Waals surface area contributed by atoms with E-state index >= 15 is 0 Å². The normalized spacial score (nSPS) is 12.1. The lowest BCUT2D eigenvalue weighted by molar-refractivity contribution is -0.138. The minimum absolute atomic E-state index is 0.0106. The number of ether oxygens (including phenoxy) is 2. The molecule has 0 aliphatic heterocycles. The zero-order valence-corrected chi connectivity index (χ0v) is 18.0. The molecule has 148 valence electrons. The number of aromatic nitrogens is 1. The molecule has 0 unspecified atom stereocenters. The van der Waals surface area contributed by atoms with Crippen LogP contribution in [0, 0.1) is 20.8 Å². The maximum Gasteiger partial charge on any atom is 0.249 e. The molecular formula is C21H30N2O3S. The third kappa shape index (κ3) is 5.78. The van der Waals surface area contributed by atoms with Crippen LogP contribution in [0.2, 0.25) is 0 Å². The summed E-state index contributed by atoms with van der Waals surface area (Å²) in [5.74, 6) is 0.893. The summed E-state index contributed by atoms with van der Waals surface area (Å²) in [5, 5.41) is 2.91. The zero-order chi connectivity index (χ0) is 20.0. The van der Waals surface area contributed by atoms with Crippen molar-refractivity contribution in [1.82, 2.24) is 9.88 Å². The zero-order valence-electron chi connectivity index (χ0n) is 17.2. The fourth-order valence-electron chi connectivity index (χ4n) is 2.87. The first-order valence-corrected chi connectivity index (χ1v) is 10.2. The van der Waals surface area contributed by atoms with Gasteiger partial charge in [0.05, 0.1) is 12.2 Å². The van der Waals surface area contributed by atoms with Crippen molar-refractivity contribution in [2.75, 3.05) is 13.7 Å². The Morgan fingerprint density at radius 3 is 2.70 bits per heavy atom. The highest BCUT2D eigenvalue weighted by Crippen LogP contribution is 2.25. The molecule has 0 fully saturated rings. The van der Waals surface area contributed by atoms with Gasteiger partial charge in [-0.2, -0.15) is 0 Å². The number of benzene rings is 1. The summed E-state index contributed by atoms with van der Waals surface area (Å²) in [5.41, 5.74) is 4.46. The van der Waals surface area contributed by atoms with Gasteiger partial charge >= 0.3 is 0 Å². The van der Waals surface area contributed by atoms with Gasteiger partial charge in [0, 0.05) is 18.5 Å². The van der Waals surface area contributed by atoms with Crippen molar-refractivity contribution < 1.29 is 14.3 Å². The van der Waals surface area contributed by atoms with Crippen molar-refractivity contribution in [3.63, 3.8) is 0 Å². The Bertz CT molecular complexity index is 773. The Labute approximate surface area is 166 Å². The number of methoxy groups -OCH3 is 1. The molecule has 27 heavy (non-hydrogen) atoms. The molecule has 0 bridgehead atoms. The molecule has 1 amide bonds. The highest BCUT2D eigenvalue weighted by molar-refractivity contribution is 7.09. The van der Waals surface area contributed by atoms with Crippen LogP contribution in [0.15, 0.2) is 17.5 Å². The van der Waals surface area contributed by atoms with E-state index in [4.69, 9.17) is 9.47 Å². The molecule has 2 aromatic rings. The summed E-state index contributed by atoms with van der Waals surface area (Å²) in [4.78, 5) is 18.8. The van der Waals surface area contributed by atoms with E-state index in [1.54, 1.807) is 18.4 Å². The second-order valence-corrected chi connectivity index (χ2v) is 7.88. The lowest BCUT2D eigenvalue weighted by Gasteiger charge is -2.27. The van der Waals surface area contributed by atoms with Crippen LogP contribution in [0.5, 0.6) is 5.75 Å². The predicted octanol–water partition coefficient (Wildman–Crippen LogP) is 4.42. The van der Waals surface area contributed by atoms with E-state index in [1.807, 2.05) is 17.2 Å². The number of nitrogens with zero attached hydrogens (tertiary/aromatic N) is 2. The molecule has 0 spiro atoms. The maximum atomic E-state index is 12.3. The van der Waals surface area contributed by atoms with Gasteiger partial charge in [-0.15, -0.1) is 11.3 Å². The first-order valence-electron chi connectivity index (χ1n) is 9.28. The number of hydrogen-bond acceptors (Lipinski definition) is 5. The number of carbonyl (C=O) groups is 1. The molecule has 0 radical (unpaired) electrons. The highest BCUT2D eigenvalue weighted by Gasteiger charge is 2.20. The van der Waals surface area contributed by atoms with Crippen LogP contribution < -0.4 is 4.74 Å². The van der Waals surface area contributed by atoms with Gasteiger partial charge in [0.2, 0.25) is 5.91 Å². The van der Waals surface area contributed by atoms with Crippen molar-refractivity contribution in [2.24, 2.45) is 0 Å². The maximum absolute atomic E-state index is 12.3. The van der Waals surface area contributed by atoms with Crippen LogP contribution in [-0.2, 0) is 22.7 Å². The SMILES string of the molecule is CC[C@@H](C)N(Cc1csc(COc2cc(C)cc(C)c2C)n1)C(=O)COC. The Morgan fingerprint density at radius 1 is 1.30 bits per heavy atom. The van der Waals surface area contributed by atoms with E-state index in [2.05, 4.69) is 44.8 Å². The van der Waals surface area contributed by atoms with Crippen molar-refractivity contribution >= 4 is 17.2 Å². The Morgan fingerprint density at radius 2 is 2.04 bits per heavy atom. The van der Waals surface area contributed by atoms with Gasteiger partial charge in [-0.05, 0) is 56.9 Å². The van der Waals surface area contributed by atoms with Crippen LogP contribution in [0.4, 0.5) is 0 Å². The number of aryl methyl sites for hydroxylation is 2. The van der Waals surface area contributed by atoms with Gasteiger partial charge in [-0.3, -0.25) is 4.79 Å². The molecule has 1 aromatic heterocycles. The summed E-state index contributed by atoms with van der Waals surface area (Å²) in [7, 11) is 1.54. The molecule has 2 rings (SSSR count). The molecule has 0 saturated heterocycles. The van der Waals surface area contributed by atoms with Gasteiger partial charge in [0.1, 0.15) is 24.0 Å². The fraction of sp³-hybridized carbons (Fsp3) is 0.524. The minimum atomic E-state index is -0.0106. The first-order chi connectivity index (χ1) is 12.8. The molecule has 0 aliphatic rings. The Hall–Kier alpha value is -1.92. The van der Waals surface area contributed by atoms with E-state index in [0.717, 1.165) is 28.4 Å². The standard InChI is InChI=1S/C21H30N2O3S/c1-7-16(4)23(21(24)12-25-6)10-18-13-27-20(22-18)11-26-19-9-14(2)8-15(3)17(19)5/h8-9,13,16H,7,10-12H2,1-6H3/t16-/m1/s1. The van der Waals surface area contributed by atoms with Gasteiger partial charge in [-0.1, -0.05) is 13.0 Å². The van der Waals surface area contributed by atoms with Crippen molar-refractivity contribution in [3.05, 3.63) is 44.9 Å². The Kier molecular flexibility index (Phi) is 7.80. The first kappa shape index (κ1) is 21.4. The van der Waals surface area contributed by atoms with Crippen LogP contribution in [0.1, 0.15) is 47.7 Å². The van der Waals surface area contributed by atoms with Gasteiger partial charge in [0.25, 0.3) is 0 Å². The Balaban J connectivity index is 2.04. The quantitative estimate of drug-likeness (QED) is 0.636. The van der Waals surface area contributed by atoms with Crippen LogP contribution >= 0.6 is 11.3 Å². The smallest absolute Gasteiger partial charge is 0.249 e. The predicted molar refractivity (Wildman–Crippen MR) is 109 cm³/mol. The van der Waals surface area contributed by atoms with Crippen molar-refractivity contribution in [3.8, 4) is 5.75 Å². The van der Waals surface area contributed by atoms with Crippen molar-refractivity contribution in [2.45, 2.75) is 60.2 Å². The third-order valence-corrected chi connectivity index (χ3v) is 5.63. The lowest BCUT2D eigenvalue weighted by atomic mass is 10.1. The van der Waals surface area contributed by atoms with Crippen LogP contribution in [0.25, 0.3) is 0 Å². The topological polar surface area (TPSA) is 51.7 Å². The summed E-state index contributed by atoms with van der Waals surface area (Å²) in [6.07, 6.45) is 0.890. The average Bonchev–Trinajstić information content (AvgIpc) is 3.08. The van der Waals surface area contributed by atoms with E-state index in [1.165, 1.54) is 11.1 Å². The number of rotatable bonds is 9. The van der Waals surface area contributed by atoms with E-state index in [0.29, 0.717) is 13.2 Å². The molecule has 1 atom stereocenters. The monoisotopic (exact) mass is 390 g/mol. The van der Waals surface area contributed by atoms with E-state index < -0.39 is 0 Å². The van der Waals surface area contributed by atoms with Gasteiger partial charge in [-0.25, -0.2) is 4.98 Å². The summed E-state index contributed by atoms with van der Waals surface area (Å²) >= 11 is 1.56. The molecule has 6 heteroatoms. The van der Waals surface area contributed by atoms with Gasteiger partial charge in [0.15, 0.2) is 0 Å². The molecule has 0 saturated carbocycles. The molecule has 1 heterocycles. The number of amides is 1. The van der Waals surface area contributed by atoms with Crippen LogP contribution in [0.3, 0.4) is 0 Å².